The summed E-state index contributed by atoms with van der Waals surface area (Å²) in [6.07, 6.45) is -0.00465. The van der Waals surface area contributed by atoms with E-state index in [2.05, 4.69) is 25.6 Å². The van der Waals surface area contributed by atoms with Crippen LogP contribution in [0.2, 0.25) is 0 Å². The Balaban J connectivity index is 1.77. The lowest BCUT2D eigenvalue weighted by Gasteiger charge is -2.07. The number of thiazole rings is 1. The van der Waals surface area contributed by atoms with Crippen molar-refractivity contribution in [2.75, 3.05) is 0 Å². The molecular formula is C15H11BrN2O3S2. The third-order valence-electron chi connectivity index (χ3n) is 3.14. The summed E-state index contributed by atoms with van der Waals surface area (Å²) in [7, 11) is -3.89. The van der Waals surface area contributed by atoms with Crippen molar-refractivity contribution in [1.82, 2.24) is 9.71 Å². The maximum atomic E-state index is 12.3. The van der Waals surface area contributed by atoms with Crippen molar-refractivity contribution in [3.05, 3.63) is 58.0 Å². The molecule has 23 heavy (non-hydrogen) atoms. The summed E-state index contributed by atoms with van der Waals surface area (Å²) in [5.41, 5.74) is 3.11. The number of fused-ring (bicyclic) bond motifs is 1. The van der Waals surface area contributed by atoms with Gasteiger partial charge >= 0.3 is 0 Å². The molecule has 0 unspecified atom stereocenters. The van der Waals surface area contributed by atoms with Gasteiger partial charge in [0.25, 0.3) is 10.0 Å². The summed E-state index contributed by atoms with van der Waals surface area (Å²) in [5.74, 6) is -0.572. The molecule has 0 aliphatic heterocycles. The number of benzene rings is 2. The second kappa shape index (κ2) is 6.38. The quantitative estimate of drug-likeness (QED) is 0.716. The van der Waals surface area contributed by atoms with Crippen LogP contribution in [0.5, 0.6) is 0 Å². The highest BCUT2D eigenvalue weighted by atomic mass is 79.9. The fraction of sp³-hybridized carbons (Fsp3) is 0.0667. The fourth-order valence-electron chi connectivity index (χ4n) is 2.04. The Morgan fingerprint density at radius 1 is 1.17 bits per heavy atom. The number of nitrogens with one attached hydrogen (secondary N) is 1. The molecule has 8 heteroatoms. The van der Waals surface area contributed by atoms with Gasteiger partial charge in [0.15, 0.2) is 0 Å². The molecule has 5 nitrogen and oxygen atoms in total. The topological polar surface area (TPSA) is 76.1 Å². The Kier molecular flexibility index (Phi) is 4.47. The molecule has 1 N–H and O–H groups in total. The van der Waals surface area contributed by atoms with Crippen LogP contribution in [0.15, 0.2) is 57.3 Å². The first kappa shape index (κ1) is 16.1. The molecular weight excluding hydrogens is 400 g/mol. The van der Waals surface area contributed by atoms with E-state index in [0.29, 0.717) is 0 Å². The maximum Gasteiger partial charge on any atom is 0.264 e. The predicted molar refractivity (Wildman–Crippen MR) is 92.8 cm³/mol. The smallest absolute Gasteiger partial charge is 0.264 e. The van der Waals surface area contributed by atoms with Crippen molar-refractivity contribution in [1.29, 1.82) is 0 Å². The summed E-state index contributed by atoms with van der Waals surface area (Å²) in [4.78, 5) is 16.1. The Bertz CT molecular complexity index is 966. The Morgan fingerprint density at radius 2 is 1.91 bits per heavy atom. The number of sulfonamides is 1. The largest absolute Gasteiger partial charge is 0.274 e. The number of aromatic nitrogens is 1. The Hall–Kier alpha value is -1.77. The lowest BCUT2D eigenvalue weighted by Crippen LogP contribution is -2.31. The van der Waals surface area contributed by atoms with E-state index >= 15 is 0 Å². The summed E-state index contributed by atoms with van der Waals surface area (Å²) in [6.45, 7) is 0. The van der Waals surface area contributed by atoms with Crippen molar-refractivity contribution in [2.24, 2.45) is 0 Å². The first-order valence-corrected chi connectivity index (χ1v) is 9.73. The van der Waals surface area contributed by atoms with E-state index < -0.39 is 15.9 Å². The summed E-state index contributed by atoms with van der Waals surface area (Å²) < 4.78 is 28.3. The Labute approximate surface area is 145 Å². The highest BCUT2D eigenvalue weighted by Gasteiger charge is 2.18. The molecule has 0 fully saturated rings. The van der Waals surface area contributed by atoms with E-state index in [0.717, 1.165) is 20.3 Å². The minimum absolute atomic E-state index is 0.00465. The van der Waals surface area contributed by atoms with Crippen molar-refractivity contribution in [3.8, 4) is 0 Å². The van der Waals surface area contributed by atoms with Gasteiger partial charge in [-0.1, -0.05) is 28.1 Å². The number of amides is 1. The third-order valence-corrected chi connectivity index (χ3v) is 5.83. The van der Waals surface area contributed by atoms with Crippen LogP contribution in [-0.4, -0.2) is 19.3 Å². The van der Waals surface area contributed by atoms with E-state index in [4.69, 9.17) is 0 Å². The molecule has 0 radical (unpaired) electrons. The first-order valence-electron chi connectivity index (χ1n) is 6.57. The van der Waals surface area contributed by atoms with Crippen LogP contribution in [0.25, 0.3) is 10.2 Å². The Morgan fingerprint density at radius 3 is 2.65 bits per heavy atom. The highest BCUT2D eigenvalue weighted by molar-refractivity contribution is 9.10. The fourth-order valence-corrected chi connectivity index (χ4v) is 4.10. The number of hydrogen-bond donors (Lipinski definition) is 1. The minimum Gasteiger partial charge on any atom is -0.274 e. The normalized spacial score (nSPS) is 11.5. The number of carbonyl (C=O) groups excluding carboxylic acids is 1. The summed E-state index contributed by atoms with van der Waals surface area (Å²) in [6, 6.07) is 11.7. The molecule has 1 heterocycles. The SMILES string of the molecule is O=C(Cc1ccc(Br)cc1)NS(=O)(=O)c1ccc2ncsc2c1. The number of halogens is 1. The van der Waals surface area contributed by atoms with E-state index in [1.54, 1.807) is 35.8 Å². The molecule has 3 rings (SSSR count). The van der Waals surface area contributed by atoms with E-state index in [-0.39, 0.29) is 11.3 Å². The van der Waals surface area contributed by atoms with Crippen molar-refractivity contribution in [3.63, 3.8) is 0 Å². The lowest BCUT2D eigenvalue weighted by molar-refractivity contribution is -0.118. The number of carbonyl (C=O) groups is 1. The zero-order valence-corrected chi connectivity index (χ0v) is 14.9. The number of hydrogen-bond acceptors (Lipinski definition) is 5. The van der Waals surface area contributed by atoms with Crippen LogP contribution < -0.4 is 4.72 Å². The number of rotatable bonds is 4. The first-order chi connectivity index (χ1) is 10.9. The van der Waals surface area contributed by atoms with Crippen molar-refractivity contribution in [2.45, 2.75) is 11.3 Å². The van der Waals surface area contributed by atoms with Gasteiger partial charge in [-0.3, -0.25) is 4.79 Å². The molecule has 3 aromatic rings. The van der Waals surface area contributed by atoms with Crippen LogP contribution in [0.1, 0.15) is 5.56 Å². The van der Waals surface area contributed by atoms with Crippen molar-refractivity contribution < 1.29 is 13.2 Å². The average molecular weight is 411 g/mol. The van der Waals surface area contributed by atoms with Crippen LogP contribution >= 0.6 is 27.3 Å². The zero-order valence-electron chi connectivity index (χ0n) is 11.7. The molecule has 118 valence electrons. The van der Waals surface area contributed by atoms with E-state index in [9.17, 15) is 13.2 Å². The van der Waals surface area contributed by atoms with Gasteiger partial charge < -0.3 is 0 Å². The van der Waals surface area contributed by atoms with Gasteiger partial charge in [0, 0.05) is 4.47 Å². The molecule has 0 atom stereocenters. The van der Waals surface area contributed by atoms with Crippen LogP contribution in [-0.2, 0) is 21.2 Å². The molecule has 1 aromatic heterocycles. The highest BCUT2D eigenvalue weighted by Crippen LogP contribution is 2.21. The van der Waals surface area contributed by atoms with Gasteiger partial charge in [0.2, 0.25) is 5.91 Å². The van der Waals surface area contributed by atoms with Crippen molar-refractivity contribution >= 4 is 53.4 Å². The predicted octanol–water partition coefficient (Wildman–Crippen LogP) is 3.11. The van der Waals surface area contributed by atoms with Gasteiger partial charge in [-0.05, 0) is 35.9 Å². The van der Waals surface area contributed by atoms with Gasteiger partial charge in [-0.2, -0.15) is 0 Å². The third kappa shape index (κ3) is 3.77. The molecule has 0 aliphatic carbocycles. The minimum atomic E-state index is -3.89. The van der Waals surface area contributed by atoms with Gasteiger partial charge in [-0.15, -0.1) is 11.3 Å². The maximum absolute atomic E-state index is 12.3. The van der Waals surface area contributed by atoms with Crippen LogP contribution in [0, 0.1) is 0 Å². The second-order valence-electron chi connectivity index (χ2n) is 4.81. The second-order valence-corrected chi connectivity index (χ2v) is 8.30. The van der Waals surface area contributed by atoms with Crippen LogP contribution in [0.3, 0.4) is 0 Å². The van der Waals surface area contributed by atoms with Gasteiger partial charge in [-0.25, -0.2) is 18.1 Å². The monoisotopic (exact) mass is 410 g/mol. The van der Waals surface area contributed by atoms with Crippen LogP contribution in [0.4, 0.5) is 0 Å². The molecule has 2 aromatic carbocycles. The molecule has 0 bridgehead atoms. The number of nitrogens with zero attached hydrogens (tertiary/aromatic N) is 1. The van der Waals surface area contributed by atoms with E-state index in [1.165, 1.54) is 23.5 Å². The lowest BCUT2D eigenvalue weighted by atomic mass is 10.1. The summed E-state index contributed by atoms with van der Waals surface area (Å²) >= 11 is 4.65. The average Bonchev–Trinajstić information content (AvgIpc) is 2.96. The van der Waals surface area contributed by atoms with Gasteiger partial charge in [0.1, 0.15) is 0 Å². The molecule has 0 saturated carbocycles. The molecule has 0 aliphatic rings. The standard InChI is InChI=1S/C15H11BrN2O3S2/c16-11-3-1-10(2-4-11)7-15(19)18-23(20,21)12-5-6-13-14(8-12)22-9-17-13/h1-6,8-9H,7H2,(H,18,19). The summed E-state index contributed by atoms with van der Waals surface area (Å²) in [5, 5.41) is 0. The van der Waals surface area contributed by atoms with E-state index in [1.807, 2.05) is 0 Å². The molecule has 0 spiro atoms. The van der Waals surface area contributed by atoms with Gasteiger partial charge in [0.05, 0.1) is 27.0 Å². The zero-order chi connectivity index (χ0) is 16.4. The molecule has 1 amide bonds. The molecule has 0 saturated heterocycles.